The molecule has 2 aromatic heterocycles. The van der Waals surface area contributed by atoms with Crippen LogP contribution in [0, 0.1) is 30.6 Å². The van der Waals surface area contributed by atoms with Gasteiger partial charge in [0, 0.05) is 118 Å². The smallest absolute Gasteiger partial charge is 0.480 e. The number of aliphatic carboxylic acids is 1. The molecule has 0 unspecified atom stereocenters. The van der Waals surface area contributed by atoms with Crippen molar-refractivity contribution in [2.75, 3.05) is 79.8 Å². The fraction of sp³-hybridized carbons (Fsp3) is 0.508. The van der Waals surface area contributed by atoms with Crippen LogP contribution in [0.3, 0.4) is 0 Å². The van der Waals surface area contributed by atoms with Crippen molar-refractivity contribution in [2.24, 2.45) is 28.2 Å². The van der Waals surface area contributed by atoms with Gasteiger partial charge in [-0.15, -0.1) is 23.2 Å². The van der Waals surface area contributed by atoms with E-state index in [1.165, 1.54) is 61.2 Å². The van der Waals surface area contributed by atoms with Gasteiger partial charge < -0.3 is 76.1 Å². The zero-order valence-electron chi connectivity index (χ0n) is 53.3. The van der Waals surface area contributed by atoms with Gasteiger partial charge in [-0.05, 0) is 118 Å². The van der Waals surface area contributed by atoms with E-state index in [2.05, 4.69) is 25.9 Å². The van der Waals surface area contributed by atoms with Crippen LogP contribution in [0.1, 0.15) is 112 Å². The van der Waals surface area contributed by atoms with Crippen LogP contribution >= 0.6 is 31.0 Å². The molecule has 28 nitrogen and oxygen atoms in total. The third-order valence-corrected chi connectivity index (χ3v) is 19.5. The largest absolute Gasteiger partial charge is 0.524 e. The number of primary amides is 1. The number of rotatable bonds is 28. The fourth-order valence-electron chi connectivity index (χ4n) is 13.7. The predicted octanol–water partition coefficient (Wildman–Crippen LogP) is 6.65. The Morgan fingerprint density at radius 1 is 0.777 bits per heavy atom. The van der Waals surface area contributed by atoms with E-state index in [9.17, 15) is 62.6 Å². The van der Waals surface area contributed by atoms with Crippen molar-refractivity contribution in [1.29, 1.82) is 0 Å². The van der Waals surface area contributed by atoms with E-state index in [4.69, 9.17) is 48.7 Å². The minimum absolute atomic E-state index is 0.00809. The number of nitrogens with one attached hydrogen (secondary N) is 5. The number of hydrogen-bond donors (Lipinski definition) is 10. The molecule has 9 amide bonds. The highest BCUT2D eigenvalue weighted by Gasteiger charge is 2.76. The van der Waals surface area contributed by atoms with E-state index in [-0.39, 0.29) is 130 Å². The third-order valence-electron chi connectivity index (χ3n) is 18.3. The highest BCUT2D eigenvalue weighted by Crippen LogP contribution is 2.75. The lowest BCUT2D eigenvalue weighted by atomic mass is 9.34. The summed E-state index contributed by atoms with van der Waals surface area (Å²) in [5.74, 6) is -4.40. The first kappa shape index (κ1) is 70.2. The second-order valence-corrected chi connectivity index (χ2v) is 27.2. The number of benzene rings is 3. The van der Waals surface area contributed by atoms with Gasteiger partial charge in [-0.3, -0.25) is 38.7 Å². The molecular formula is C63H81Cl2N12O16P. The van der Waals surface area contributed by atoms with E-state index in [1.807, 2.05) is 13.8 Å². The number of halogens is 2. The van der Waals surface area contributed by atoms with E-state index < -0.39 is 84.6 Å². The minimum atomic E-state index is -5.00. The van der Waals surface area contributed by atoms with E-state index >= 15 is 0 Å². The number of phosphoric ester groups is 1. The lowest BCUT2D eigenvalue weighted by Gasteiger charge is -2.69. The number of aryl methyl sites for hydroxylation is 2. The van der Waals surface area contributed by atoms with E-state index in [0.717, 1.165) is 32.5 Å². The van der Waals surface area contributed by atoms with Gasteiger partial charge in [0.25, 0.3) is 5.91 Å². The molecule has 12 N–H and O–H groups in total. The van der Waals surface area contributed by atoms with Crippen LogP contribution in [-0.2, 0) is 44.7 Å². The number of hydrogen-bond acceptors (Lipinski definition) is 14. The van der Waals surface area contributed by atoms with Crippen molar-refractivity contribution >= 4 is 124 Å². The van der Waals surface area contributed by atoms with Crippen LogP contribution in [0.4, 0.5) is 31.4 Å². The average Bonchev–Trinajstić information content (AvgIpc) is 0.872. The Morgan fingerprint density at radius 3 is 1.80 bits per heavy atom. The SMILES string of the molecule is CC(=O)N[C@@H](CCCCN)C(=O)N[C@H](C(=O)N(c1ccc(COC(=O)N(C)CCN(C)C(=O)Oc2cc3c(c4c(C)c[nH]c24)[C@H](CCl)CN3C(=O)C23CC(C(=O)N4C[C@@H](CCl)c5c4cc(OP(=O)(O)O)c4[nH]cc(C)c54)(C2)C3)cc1)[C@@H](CCCNC(N)=O)C(=O)O)C(C)C. The van der Waals surface area contributed by atoms with Crippen molar-refractivity contribution in [3.63, 3.8) is 0 Å². The number of alkyl halides is 2. The van der Waals surface area contributed by atoms with Crippen molar-refractivity contribution in [2.45, 2.75) is 123 Å². The molecule has 5 atom stereocenters. The number of anilines is 3. The Balaban J connectivity index is 0.838. The normalized spacial score (nSPS) is 19.5. The number of carboxylic acid groups (broad SMARTS) is 1. The standard InChI is InChI=1S/C63H81Cl2N12O16P/c1-33(2)51(72-54(79)41(71-36(5)78)11-8-9-17-66)55(80)77(42(56(81)82)12-10-18-68-59(67)85)40-15-13-37(14-16-40)29-91-60(86)73(6)19-20-74(7)61(87)92-45-21-43-49(47-34(3)25-69-52(45)47)38(23-64)27-75(43)57(83)62-30-63(31-62,32-62)58(84)76-28-39(24-65)50-44(76)22-46(93-94(88,89)90)53-48(50)35(4)26-70-53/h13-16,21-22,25-26,33,38-39,41-42,51,69-70H,8-12,17-20,23-24,27-32,66H2,1-7H3,(H,71,78)(H,72,79)(H,81,82)(H3,67,68,85)(H2,88,89,90)/t38-,39-,41+,42+,51+,62?,63?/m1/s1. The van der Waals surface area contributed by atoms with Gasteiger partial charge in [-0.1, -0.05) is 26.0 Å². The van der Waals surface area contributed by atoms with E-state index in [0.29, 0.717) is 52.7 Å². The molecule has 94 heavy (non-hydrogen) atoms. The Labute approximate surface area is 552 Å². The van der Waals surface area contributed by atoms with Crippen LogP contribution in [0.25, 0.3) is 21.8 Å². The predicted molar refractivity (Wildman–Crippen MR) is 350 cm³/mol. The summed E-state index contributed by atoms with van der Waals surface area (Å²) in [6.45, 7) is 8.91. The number of carbonyl (C=O) groups excluding carboxylic acids is 8. The molecule has 3 saturated carbocycles. The molecular weight excluding hydrogens is 1280 g/mol. The number of ether oxygens (including phenoxy) is 2. The number of nitrogens with zero attached hydrogens (tertiary/aromatic N) is 5. The number of likely N-dealkylation sites (N-methyl/N-ethyl adjacent to an activating group) is 2. The van der Waals surface area contributed by atoms with Crippen molar-refractivity contribution in [3.05, 3.63) is 76.6 Å². The van der Waals surface area contributed by atoms with Crippen LogP contribution in [0.2, 0.25) is 0 Å². The highest BCUT2D eigenvalue weighted by molar-refractivity contribution is 7.46. The molecule has 3 aromatic carbocycles. The lowest BCUT2D eigenvalue weighted by Crippen LogP contribution is -2.73. The molecule has 0 saturated heterocycles. The summed E-state index contributed by atoms with van der Waals surface area (Å²) in [6, 6.07) is 4.58. The number of unbranched alkanes of at least 4 members (excludes halogenated alkanes) is 1. The number of H-pyrrole nitrogens is 2. The number of aromatic nitrogens is 2. The zero-order valence-corrected chi connectivity index (χ0v) is 55.8. The van der Waals surface area contributed by atoms with Gasteiger partial charge in [0.05, 0.1) is 33.2 Å². The molecule has 3 fully saturated rings. The number of fused-ring (bicyclic) bond motifs is 6. The molecule has 3 aliphatic carbocycles. The molecule has 508 valence electrons. The maximum Gasteiger partial charge on any atom is 0.524 e. The molecule has 5 aromatic rings. The molecule has 2 aliphatic heterocycles. The molecule has 4 heterocycles. The number of carbonyl (C=O) groups is 9. The summed E-state index contributed by atoms with van der Waals surface area (Å²) < 4.78 is 28.9. The molecule has 2 bridgehead atoms. The van der Waals surface area contributed by atoms with Crippen LogP contribution < -0.4 is 51.4 Å². The number of nitrogens with two attached hydrogens (primary N) is 2. The monoisotopic (exact) mass is 1360 g/mol. The Bertz CT molecular complexity index is 3820. The summed E-state index contributed by atoms with van der Waals surface area (Å²) in [7, 11) is -2.03. The van der Waals surface area contributed by atoms with E-state index in [1.54, 1.807) is 42.1 Å². The van der Waals surface area contributed by atoms with Gasteiger partial charge in [0.1, 0.15) is 24.7 Å². The maximum atomic E-state index is 15.0. The number of carboxylic acids is 1. The van der Waals surface area contributed by atoms with Crippen LogP contribution in [0.5, 0.6) is 11.5 Å². The summed E-state index contributed by atoms with van der Waals surface area (Å²) in [5.41, 5.74) is 14.8. The Morgan fingerprint density at radius 2 is 1.31 bits per heavy atom. The van der Waals surface area contributed by atoms with Crippen LogP contribution in [0.15, 0.2) is 48.8 Å². The second-order valence-electron chi connectivity index (χ2n) is 25.5. The summed E-state index contributed by atoms with van der Waals surface area (Å²) in [4.78, 5) is 155. The quantitative estimate of drug-likeness (QED) is 0.0142. The lowest BCUT2D eigenvalue weighted by molar-refractivity contribution is -0.205. The number of phosphoric acid groups is 1. The topological polar surface area (TPSA) is 395 Å². The van der Waals surface area contributed by atoms with Gasteiger partial charge in [-0.25, -0.2) is 23.7 Å². The fourth-order valence-corrected chi connectivity index (χ4v) is 14.6. The number of aromatic amines is 2. The van der Waals surface area contributed by atoms with Crippen molar-refractivity contribution < 1.29 is 76.6 Å². The molecule has 5 aliphatic rings. The Hall–Kier alpha value is -8.14. The molecule has 0 radical (unpaired) electrons. The highest BCUT2D eigenvalue weighted by atomic mass is 35.5. The van der Waals surface area contributed by atoms with Crippen molar-refractivity contribution in [3.8, 4) is 11.5 Å². The second kappa shape index (κ2) is 28.4. The minimum Gasteiger partial charge on any atom is -0.480 e. The number of urea groups is 1. The first-order valence-electron chi connectivity index (χ1n) is 31.0. The average molecular weight is 1360 g/mol. The zero-order chi connectivity index (χ0) is 68.5. The van der Waals surface area contributed by atoms with Gasteiger partial charge in [0.2, 0.25) is 23.6 Å². The van der Waals surface area contributed by atoms with Gasteiger partial charge >= 0.3 is 32.0 Å². The van der Waals surface area contributed by atoms with Gasteiger partial charge in [0.15, 0.2) is 11.5 Å². The number of amides is 9. The summed E-state index contributed by atoms with van der Waals surface area (Å²) >= 11 is 13.2. The molecule has 0 spiro atoms. The first-order chi connectivity index (χ1) is 44.5. The maximum absolute atomic E-state index is 15.0. The van der Waals surface area contributed by atoms with Gasteiger partial charge in [-0.2, -0.15) is 0 Å². The summed E-state index contributed by atoms with van der Waals surface area (Å²) in [6.07, 6.45) is 4.04. The van der Waals surface area contributed by atoms with Crippen molar-refractivity contribution in [1.82, 2.24) is 35.7 Å². The van der Waals surface area contributed by atoms with Crippen LogP contribution in [-0.4, -0.2) is 172 Å². The third kappa shape index (κ3) is 14.3. The summed E-state index contributed by atoms with van der Waals surface area (Å²) in [5, 5.41) is 19.7. The Kier molecular flexibility index (Phi) is 21.2. The molecule has 10 rings (SSSR count). The molecule has 31 heteroatoms. The first-order valence-corrected chi connectivity index (χ1v) is 33.6.